The van der Waals surface area contributed by atoms with Crippen LogP contribution in [0.1, 0.15) is 53.8 Å². The molecule has 0 radical (unpaired) electrons. The molecule has 1 N–H and O–H groups in total. The molecule has 2 fully saturated rings. The van der Waals surface area contributed by atoms with Gasteiger partial charge >= 0.3 is 5.97 Å². The zero-order chi connectivity index (χ0) is 17.1. The van der Waals surface area contributed by atoms with Crippen LogP contribution in [0.5, 0.6) is 0 Å². The summed E-state index contributed by atoms with van der Waals surface area (Å²) < 4.78 is 5.27. The lowest BCUT2D eigenvalue weighted by molar-refractivity contribution is -0.147. The smallest absolute Gasteiger partial charge is 0.311 e. The Bertz CT molecular complexity index is 855. The van der Waals surface area contributed by atoms with Crippen molar-refractivity contribution in [3.05, 3.63) is 23.0 Å². The number of fused-ring (bicyclic) bond motifs is 1. The van der Waals surface area contributed by atoms with Crippen LogP contribution in [0.15, 0.2) is 10.6 Å². The van der Waals surface area contributed by atoms with E-state index in [-0.39, 0.29) is 12.5 Å². The summed E-state index contributed by atoms with van der Waals surface area (Å²) in [6, 6.07) is 1.84. The molecule has 2 aromatic rings. The zero-order valence-corrected chi connectivity index (χ0v) is 13.7. The fourth-order valence-corrected chi connectivity index (χ4v) is 3.35. The monoisotopic (exact) mass is 329 g/mol. The Kier molecular flexibility index (Phi) is 3.16. The van der Waals surface area contributed by atoms with Gasteiger partial charge in [0.1, 0.15) is 0 Å². The van der Waals surface area contributed by atoms with Crippen molar-refractivity contribution < 1.29 is 19.2 Å². The van der Waals surface area contributed by atoms with Gasteiger partial charge in [0.25, 0.3) is 11.6 Å². The summed E-state index contributed by atoms with van der Waals surface area (Å²) in [4.78, 5) is 30.6. The van der Waals surface area contributed by atoms with Crippen molar-refractivity contribution in [2.75, 3.05) is 13.1 Å². The number of aryl methyl sites for hydroxylation is 1. The van der Waals surface area contributed by atoms with Gasteiger partial charge in [-0.2, -0.15) is 0 Å². The first-order valence-corrected chi connectivity index (χ1v) is 8.19. The third-order valence-electron chi connectivity index (χ3n) is 5.14. The predicted molar refractivity (Wildman–Crippen MR) is 84.8 cm³/mol. The highest BCUT2D eigenvalue weighted by Gasteiger charge is 2.43. The summed E-state index contributed by atoms with van der Waals surface area (Å²) in [5.74, 6) is -0.646. The average Bonchev–Trinajstić information content (AvgIpc) is 3.23. The largest absolute Gasteiger partial charge is 0.481 e. The Labute approximate surface area is 138 Å². The minimum Gasteiger partial charge on any atom is -0.481 e. The molecule has 1 saturated carbocycles. The molecule has 1 aliphatic carbocycles. The van der Waals surface area contributed by atoms with Crippen molar-refractivity contribution in [3.63, 3.8) is 0 Å². The number of likely N-dealkylation sites (tertiary alicyclic amines) is 1. The number of carboxylic acids is 1. The SMILES string of the molecule is Cc1noc2nc(C3CC3)cc(C(=O)N3CCC(C)(C(=O)O)C3)c12. The first-order valence-electron chi connectivity index (χ1n) is 8.19. The molecule has 3 heterocycles. The number of carbonyl (C=O) groups excluding carboxylic acids is 1. The van der Waals surface area contributed by atoms with Crippen molar-refractivity contribution in [2.45, 2.75) is 39.0 Å². The highest BCUT2D eigenvalue weighted by Crippen LogP contribution is 2.41. The molecule has 7 heteroatoms. The Hall–Kier alpha value is -2.44. The maximum absolute atomic E-state index is 13.1. The Balaban J connectivity index is 1.74. The summed E-state index contributed by atoms with van der Waals surface area (Å²) in [5.41, 5.74) is 1.52. The Morgan fingerprint density at radius 1 is 1.42 bits per heavy atom. The number of nitrogens with zero attached hydrogens (tertiary/aromatic N) is 3. The summed E-state index contributed by atoms with van der Waals surface area (Å²) in [5, 5.41) is 14.0. The van der Waals surface area contributed by atoms with E-state index in [2.05, 4.69) is 10.1 Å². The molecule has 7 nitrogen and oxygen atoms in total. The fraction of sp³-hybridized carbons (Fsp3) is 0.529. The number of amides is 1. The van der Waals surface area contributed by atoms with E-state index in [0.29, 0.717) is 41.2 Å². The number of pyridine rings is 1. The molecule has 0 spiro atoms. The van der Waals surface area contributed by atoms with Crippen LogP contribution in [0.25, 0.3) is 11.1 Å². The second kappa shape index (κ2) is 5.03. The normalized spacial score (nSPS) is 23.8. The van der Waals surface area contributed by atoms with Gasteiger partial charge in [0.15, 0.2) is 0 Å². The van der Waals surface area contributed by atoms with Crippen LogP contribution in [0, 0.1) is 12.3 Å². The number of carboxylic acid groups (broad SMARTS) is 1. The maximum atomic E-state index is 13.1. The molecular formula is C17H19N3O4. The lowest BCUT2D eigenvalue weighted by atomic mass is 9.90. The van der Waals surface area contributed by atoms with Gasteiger partial charge in [-0.15, -0.1) is 0 Å². The number of hydrogen-bond donors (Lipinski definition) is 1. The van der Waals surface area contributed by atoms with Crippen molar-refractivity contribution in [1.82, 2.24) is 15.0 Å². The van der Waals surface area contributed by atoms with Crippen LogP contribution >= 0.6 is 0 Å². The predicted octanol–water partition coefficient (Wildman–Crippen LogP) is 2.35. The molecule has 1 amide bonds. The van der Waals surface area contributed by atoms with Crippen molar-refractivity contribution in [1.29, 1.82) is 0 Å². The number of aliphatic carboxylic acids is 1. The minimum absolute atomic E-state index is 0.166. The molecule has 126 valence electrons. The van der Waals surface area contributed by atoms with Crippen LogP contribution in [-0.4, -0.2) is 45.1 Å². The quantitative estimate of drug-likeness (QED) is 0.928. The van der Waals surface area contributed by atoms with Gasteiger partial charge in [-0.3, -0.25) is 9.59 Å². The second-order valence-corrected chi connectivity index (χ2v) is 7.16. The lowest BCUT2D eigenvalue weighted by Gasteiger charge is -2.20. The lowest BCUT2D eigenvalue weighted by Crippen LogP contribution is -2.35. The first kappa shape index (κ1) is 15.1. The van der Waals surface area contributed by atoms with Crippen LogP contribution in [0.3, 0.4) is 0 Å². The van der Waals surface area contributed by atoms with Gasteiger partial charge in [0, 0.05) is 24.7 Å². The van der Waals surface area contributed by atoms with Crippen LogP contribution in [0.4, 0.5) is 0 Å². The van der Waals surface area contributed by atoms with E-state index in [4.69, 9.17) is 4.52 Å². The third kappa shape index (κ3) is 2.26. The number of rotatable bonds is 3. The molecule has 0 aromatic carbocycles. The Morgan fingerprint density at radius 3 is 2.79 bits per heavy atom. The van der Waals surface area contributed by atoms with E-state index in [1.807, 2.05) is 6.07 Å². The standard InChI is InChI=1S/C17H19N3O4/c1-9-13-11(7-12(10-3-4-10)18-14(13)24-19-9)15(21)20-6-5-17(2,8-20)16(22)23/h7,10H,3-6,8H2,1-2H3,(H,22,23). The zero-order valence-electron chi connectivity index (χ0n) is 13.7. The number of aromatic nitrogens is 2. The molecule has 1 saturated heterocycles. The van der Waals surface area contributed by atoms with Crippen LogP contribution in [-0.2, 0) is 4.79 Å². The summed E-state index contributed by atoms with van der Waals surface area (Å²) in [6.45, 7) is 4.13. The van der Waals surface area contributed by atoms with Crippen LogP contribution < -0.4 is 0 Å². The highest BCUT2D eigenvalue weighted by molar-refractivity contribution is 6.06. The van der Waals surface area contributed by atoms with Crippen molar-refractivity contribution in [2.24, 2.45) is 5.41 Å². The maximum Gasteiger partial charge on any atom is 0.311 e. The number of hydrogen-bond acceptors (Lipinski definition) is 5. The van der Waals surface area contributed by atoms with Gasteiger partial charge in [-0.05, 0) is 39.2 Å². The van der Waals surface area contributed by atoms with E-state index in [0.717, 1.165) is 18.5 Å². The van der Waals surface area contributed by atoms with E-state index in [1.54, 1.807) is 18.7 Å². The summed E-state index contributed by atoms with van der Waals surface area (Å²) in [7, 11) is 0. The molecule has 1 atom stereocenters. The van der Waals surface area contributed by atoms with E-state index in [1.165, 1.54) is 0 Å². The number of carbonyl (C=O) groups is 2. The molecule has 4 rings (SSSR count). The third-order valence-corrected chi connectivity index (χ3v) is 5.14. The molecule has 2 aromatic heterocycles. The van der Waals surface area contributed by atoms with Crippen molar-refractivity contribution in [3.8, 4) is 0 Å². The van der Waals surface area contributed by atoms with E-state index in [9.17, 15) is 14.7 Å². The van der Waals surface area contributed by atoms with Gasteiger partial charge in [0.05, 0.1) is 22.1 Å². The minimum atomic E-state index is -0.884. The van der Waals surface area contributed by atoms with Gasteiger partial charge in [0.2, 0.25) is 0 Å². The van der Waals surface area contributed by atoms with E-state index >= 15 is 0 Å². The van der Waals surface area contributed by atoms with Crippen LogP contribution in [0.2, 0.25) is 0 Å². The molecular weight excluding hydrogens is 310 g/mol. The van der Waals surface area contributed by atoms with Gasteiger partial charge < -0.3 is 14.5 Å². The Morgan fingerprint density at radius 2 is 2.17 bits per heavy atom. The molecule has 1 unspecified atom stereocenters. The highest BCUT2D eigenvalue weighted by atomic mass is 16.5. The fourth-order valence-electron chi connectivity index (χ4n) is 3.35. The van der Waals surface area contributed by atoms with Gasteiger partial charge in [-0.25, -0.2) is 4.98 Å². The molecule has 1 aliphatic heterocycles. The molecule has 0 bridgehead atoms. The topological polar surface area (TPSA) is 96.5 Å². The summed E-state index contributed by atoms with van der Waals surface area (Å²) in [6.07, 6.45) is 2.60. The molecule has 2 aliphatic rings. The second-order valence-electron chi connectivity index (χ2n) is 7.16. The first-order chi connectivity index (χ1) is 11.4. The summed E-state index contributed by atoms with van der Waals surface area (Å²) >= 11 is 0. The molecule has 24 heavy (non-hydrogen) atoms. The van der Waals surface area contributed by atoms with E-state index < -0.39 is 11.4 Å². The van der Waals surface area contributed by atoms with Gasteiger partial charge in [-0.1, -0.05) is 5.16 Å². The average molecular weight is 329 g/mol. The van der Waals surface area contributed by atoms with Crippen molar-refractivity contribution >= 4 is 23.0 Å².